The predicted octanol–water partition coefficient (Wildman–Crippen LogP) is 0.102. The predicted molar refractivity (Wildman–Crippen MR) is 59.9 cm³/mol. The van der Waals surface area contributed by atoms with E-state index in [0.29, 0.717) is 19.1 Å². The second kappa shape index (κ2) is 5.84. The van der Waals surface area contributed by atoms with Gasteiger partial charge >= 0.3 is 11.9 Å². The van der Waals surface area contributed by atoms with Crippen molar-refractivity contribution in [3.8, 4) is 0 Å². The number of ether oxygens (including phenoxy) is 1. The molecule has 1 unspecified atom stereocenters. The van der Waals surface area contributed by atoms with Crippen molar-refractivity contribution in [2.45, 2.75) is 26.3 Å². The van der Waals surface area contributed by atoms with Gasteiger partial charge in [-0.15, -0.1) is 0 Å². The number of rotatable bonds is 2. The molecule has 0 aromatic carbocycles. The number of nitrogens with zero attached hydrogens (tertiary/aromatic N) is 2. The van der Waals surface area contributed by atoms with Gasteiger partial charge in [-0.2, -0.15) is 0 Å². The lowest BCUT2D eigenvalue weighted by atomic mass is 10.2. The van der Waals surface area contributed by atoms with Crippen LogP contribution in [-0.4, -0.2) is 61.0 Å². The van der Waals surface area contributed by atoms with Crippen molar-refractivity contribution in [2.24, 2.45) is 0 Å². The van der Waals surface area contributed by atoms with E-state index < -0.39 is 11.9 Å². The molecule has 0 aliphatic carbocycles. The van der Waals surface area contributed by atoms with Crippen molar-refractivity contribution in [3.05, 3.63) is 0 Å². The molecule has 0 aromatic rings. The summed E-state index contributed by atoms with van der Waals surface area (Å²) >= 11 is 0. The summed E-state index contributed by atoms with van der Waals surface area (Å²) in [6, 6.07) is 0.537. The van der Waals surface area contributed by atoms with Crippen LogP contribution in [0, 0.1) is 0 Å². The first-order valence-corrected chi connectivity index (χ1v) is 5.71. The fourth-order valence-corrected chi connectivity index (χ4v) is 1.84. The molecule has 0 radical (unpaired) electrons. The van der Waals surface area contributed by atoms with Gasteiger partial charge in [-0.05, 0) is 13.3 Å². The van der Waals surface area contributed by atoms with Crippen molar-refractivity contribution in [2.75, 3.05) is 33.3 Å². The number of methoxy groups -OCH3 is 1. The van der Waals surface area contributed by atoms with Gasteiger partial charge in [0.25, 0.3) is 0 Å². The summed E-state index contributed by atoms with van der Waals surface area (Å²) < 4.78 is 4.42. The third kappa shape index (κ3) is 2.95. The quantitative estimate of drug-likeness (QED) is 0.497. The fraction of sp³-hybridized carbons (Fsp3) is 0.818. The maximum Gasteiger partial charge on any atom is 0.396 e. The highest BCUT2D eigenvalue weighted by Crippen LogP contribution is 2.08. The Hall–Kier alpha value is -1.10. The maximum atomic E-state index is 11.5. The van der Waals surface area contributed by atoms with Gasteiger partial charge in [0.1, 0.15) is 0 Å². The zero-order valence-electron chi connectivity index (χ0n) is 10.2. The van der Waals surface area contributed by atoms with Gasteiger partial charge in [0.2, 0.25) is 0 Å². The van der Waals surface area contributed by atoms with Crippen LogP contribution in [0.1, 0.15) is 20.3 Å². The molecule has 5 heteroatoms. The van der Waals surface area contributed by atoms with Crippen molar-refractivity contribution in [1.82, 2.24) is 9.80 Å². The maximum absolute atomic E-state index is 11.5. The van der Waals surface area contributed by atoms with Gasteiger partial charge in [-0.25, -0.2) is 4.79 Å². The van der Waals surface area contributed by atoms with Gasteiger partial charge in [-0.1, -0.05) is 6.92 Å². The van der Waals surface area contributed by atoms with Crippen LogP contribution in [0.15, 0.2) is 0 Å². The van der Waals surface area contributed by atoms with Crippen molar-refractivity contribution < 1.29 is 14.3 Å². The molecule has 0 saturated carbocycles. The molecule has 16 heavy (non-hydrogen) atoms. The number of hydrogen-bond acceptors (Lipinski definition) is 4. The highest BCUT2D eigenvalue weighted by atomic mass is 16.5. The number of carbonyl (C=O) groups excluding carboxylic acids is 2. The summed E-state index contributed by atoms with van der Waals surface area (Å²) in [5.41, 5.74) is 0. The lowest BCUT2D eigenvalue weighted by Gasteiger charge is -2.37. The summed E-state index contributed by atoms with van der Waals surface area (Å²) in [5.74, 6) is -1.29. The molecule has 1 atom stereocenters. The topological polar surface area (TPSA) is 49.9 Å². The molecule has 0 bridgehead atoms. The SMILES string of the molecule is CCC(C)N1CCN(C(=O)C(=O)OC)CC1. The third-order valence-electron chi connectivity index (χ3n) is 3.18. The Morgan fingerprint density at radius 2 is 1.81 bits per heavy atom. The van der Waals surface area contributed by atoms with Crippen molar-refractivity contribution in [1.29, 1.82) is 0 Å². The number of carbonyl (C=O) groups is 2. The van der Waals surface area contributed by atoms with Crippen LogP contribution in [0.3, 0.4) is 0 Å². The number of esters is 1. The second-order valence-electron chi connectivity index (χ2n) is 4.08. The Bertz CT molecular complexity index is 260. The fourth-order valence-electron chi connectivity index (χ4n) is 1.84. The molecular weight excluding hydrogens is 208 g/mol. The van der Waals surface area contributed by atoms with Crippen LogP contribution >= 0.6 is 0 Å². The van der Waals surface area contributed by atoms with E-state index >= 15 is 0 Å². The van der Waals surface area contributed by atoms with Crippen LogP contribution < -0.4 is 0 Å². The number of piperazine rings is 1. The Kier molecular flexibility index (Phi) is 4.73. The van der Waals surface area contributed by atoms with E-state index in [2.05, 4.69) is 23.5 Å². The average molecular weight is 228 g/mol. The van der Waals surface area contributed by atoms with Crippen molar-refractivity contribution >= 4 is 11.9 Å². The third-order valence-corrected chi connectivity index (χ3v) is 3.18. The molecule has 1 aliphatic heterocycles. The van der Waals surface area contributed by atoms with Gasteiger partial charge in [0.05, 0.1) is 7.11 Å². The van der Waals surface area contributed by atoms with E-state index in [0.717, 1.165) is 19.5 Å². The van der Waals surface area contributed by atoms with Gasteiger partial charge in [0.15, 0.2) is 0 Å². The molecule has 1 amide bonds. The van der Waals surface area contributed by atoms with E-state index in [4.69, 9.17) is 0 Å². The summed E-state index contributed by atoms with van der Waals surface area (Å²) in [7, 11) is 1.23. The summed E-state index contributed by atoms with van der Waals surface area (Å²) in [4.78, 5) is 26.5. The van der Waals surface area contributed by atoms with Crippen LogP contribution in [-0.2, 0) is 14.3 Å². The highest BCUT2D eigenvalue weighted by molar-refractivity contribution is 6.32. The first-order valence-electron chi connectivity index (χ1n) is 5.71. The Labute approximate surface area is 96.3 Å². The van der Waals surface area contributed by atoms with E-state index in [1.54, 1.807) is 4.90 Å². The zero-order valence-corrected chi connectivity index (χ0v) is 10.2. The molecule has 92 valence electrons. The Morgan fingerprint density at radius 1 is 1.25 bits per heavy atom. The van der Waals surface area contributed by atoms with E-state index in [9.17, 15) is 9.59 Å². The number of amides is 1. The molecule has 1 heterocycles. The first kappa shape index (κ1) is 13.0. The summed E-state index contributed by atoms with van der Waals surface area (Å²) in [5, 5.41) is 0. The monoisotopic (exact) mass is 228 g/mol. The molecule has 1 aliphatic rings. The normalized spacial score (nSPS) is 19.3. The standard InChI is InChI=1S/C11H20N2O3/c1-4-9(2)12-5-7-13(8-6-12)10(14)11(15)16-3/h9H,4-8H2,1-3H3. The summed E-state index contributed by atoms with van der Waals surface area (Å²) in [6.07, 6.45) is 1.10. The van der Waals surface area contributed by atoms with Crippen molar-refractivity contribution in [3.63, 3.8) is 0 Å². The first-order chi connectivity index (χ1) is 7.60. The minimum absolute atomic E-state index is 0.522. The molecule has 1 rings (SSSR count). The Balaban J connectivity index is 2.43. The summed E-state index contributed by atoms with van der Waals surface area (Å²) in [6.45, 7) is 7.21. The molecule has 1 fully saturated rings. The average Bonchev–Trinajstić information content (AvgIpc) is 2.36. The smallest absolute Gasteiger partial charge is 0.396 e. The van der Waals surface area contributed by atoms with E-state index in [-0.39, 0.29) is 0 Å². The highest BCUT2D eigenvalue weighted by Gasteiger charge is 2.27. The molecule has 0 N–H and O–H groups in total. The Morgan fingerprint density at radius 3 is 2.25 bits per heavy atom. The largest absolute Gasteiger partial charge is 0.462 e. The van der Waals surface area contributed by atoms with Crippen LogP contribution in [0.4, 0.5) is 0 Å². The molecular formula is C11H20N2O3. The second-order valence-corrected chi connectivity index (χ2v) is 4.08. The molecule has 1 saturated heterocycles. The number of hydrogen-bond donors (Lipinski definition) is 0. The van der Waals surface area contributed by atoms with Crippen LogP contribution in [0.25, 0.3) is 0 Å². The molecule has 0 aromatic heterocycles. The van der Waals surface area contributed by atoms with E-state index in [1.807, 2.05) is 0 Å². The minimum atomic E-state index is -0.767. The van der Waals surface area contributed by atoms with Gasteiger partial charge < -0.3 is 9.64 Å². The lowest BCUT2D eigenvalue weighted by Crippen LogP contribution is -2.52. The zero-order chi connectivity index (χ0) is 12.1. The van der Waals surface area contributed by atoms with Gasteiger partial charge in [0, 0.05) is 32.2 Å². The van der Waals surface area contributed by atoms with Crippen LogP contribution in [0.5, 0.6) is 0 Å². The van der Waals surface area contributed by atoms with Gasteiger partial charge in [-0.3, -0.25) is 9.69 Å². The van der Waals surface area contributed by atoms with Crippen LogP contribution in [0.2, 0.25) is 0 Å². The minimum Gasteiger partial charge on any atom is -0.462 e. The van der Waals surface area contributed by atoms with E-state index in [1.165, 1.54) is 7.11 Å². The lowest BCUT2D eigenvalue weighted by molar-refractivity contribution is -0.159. The molecule has 0 spiro atoms. The molecule has 5 nitrogen and oxygen atoms in total.